The molecule has 0 aliphatic heterocycles. The quantitative estimate of drug-likeness (QED) is 0.685. The van der Waals surface area contributed by atoms with Gasteiger partial charge in [-0.25, -0.2) is 13.2 Å². The number of carbonyl (C=O) groups is 1. The van der Waals surface area contributed by atoms with E-state index < -0.39 is 47.3 Å². The SMILES string of the molecule is Cc1ccc(F)cc1NC(=O)COc1c(F)c(F)cc(F)c1F. The molecule has 0 saturated heterocycles. The molecular weight excluding hydrogens is 321 g/mol. The predicted molar refractivity (Wildman–Crippen MR) is 71.5 cm³/mol. The second-order valence-electron chi connectivity index (χ2n) is 4.59. The summed E-state index contributed by atoms with van der Waals surface area (Å²) in [4.78, 5) is 11.7. The van der Waals surface area contributed by atoms with Crippen LogP contribution in [0.2, 0.25) is 0 Å². The maximum absolute atomic E-state index is 13.3. The summed E-state index contributed by atoms with van der Waals surface area (Å²) in [5, 5.41) is 2.25. The van der Waals surface area contributed by atoms with E-state index in [0.717, 1.165) is 6.07 Å². The van der Waals surface area contributed by atoms with Crippen LogP contribution in [-0.2, 0) is 4.79 Å². The molecule has 0 bridgehead atoms. The predicted octanol–water partition coefficient (Wildman–Crippen LogP) is 3.71. The molecule has 8 heteroatoms. The molecule has 2 aromatic rings. The molecule has 0 heterocycles. The monoisotopic (exact) mass is 331 g/mol. The van der Waals surface area contributed by atoms with E-state index in [1.54, 1.807) is 6.92 Å². The van der Waals surface area contributed by atoms with Crippen molar-refractivity contribution in [2.75, 3.05) is 11.9 Å². The molecule has 0 radical (unpaired) electrons. The summed E-state index contributed by atoms with van der Waals surface area (Å²) in [6.45, 7) is 0.671. The van der Waals surface area contributed by atoms with Crippen LogP contribution in [0.25, 0.3) is 0 Å². The van der Waals surface area contributed by atoms with Gasteiger partial charge < -0.3 is 10.1 Å². The van der Waals surface area contributed by atoms with Crippen molar-refractivity contribution in [1.82, 2.24) is 0 Å². The number of ether oxygens (including phenoxy) is 1. The van der Waals surface area contributed by atoms with Gasteiger partial charge in [0.1, 0.15) is 5.82 Å². The molecule has 1 N–H and O–H groups in total. The number of hydrogen-bond donors (Lipinski definition) is 1. The zero-order valence-electron chi connectivity index (χ0n) is 11.7. The van der Waals surface area contributed by atoms with E-state index >= 15 is 0 Å². The summed E-state index contributed by atoms with van der Waals surface area (Å²) in [5.74, 6) is -9.63. The molecule has 0 spiro atoms. The molecule has 122 valence electrons. The van der Waals surface area contributed by atoms with Gasteiger partial charge in [0, 0.05) is 11.8 Å². The van der Waals surface area contributed by atoms with Gasteiger partial charge in [-0.3, -0.25) is 4.79 Å². The van der Waals surface area contributed by atoms with Crippen molar-refractivity contribution in [3.63, 3.8) is 0 Å². The smallest absolute Gasteiger partial charge is 0.262 e. The molecule has 0 atom stereocenters. The van der Waals surface area contributed by atoms with E-state index in [4.69, 9.17) is 0 Å². The summed E-state index contributed by atoms with van der Waals surface area (Å²) in [7, 11) is 0. The molecule has 1 amide bonds. The third-order valence-electron chi connectivity index (χ3n) is 2.89. The van der Waals surface area contributed by atoms with Crippen LogP contribution < -0.4 is 10.1 Å². The van der Waals surface area contributed by atoms with E-state index in [2.05, 4.69) is 10.1 Å². The molecule has 0 saturated carbocycles. The van der Waals surface area contributed by atoms with Crippen molar-refractivity contribution < 1.29 is 31.5 Å². The topological polar surface area (TPSA) is 38.3 Å². The molecule has 0 aromatic heterocycles. The highest BCUT2D eigenvalue weighted by atomic mass is 19.2. The number of anilines is 1. The van der Waals surface area contributed by atoms with Crippen molar-refractivity contribution in [3.8, 4) is 5.75 Å². The first-order valence-electron chi connectivity index (χ1n) is 6.31. The van der Waals surface area contributed by atoms with Gasteiger partial charge in [0.25, 0.3) is 5.91 Å². The fourth-order valence-electron chi connectivity index (χ4n) is 1.73. The Labute approximate surface area is 127 Å². The molecule has 3 nitrogen and oxygen atoms in total. The van der Waals surface area contributed by atoms with Crippen molar-refractivity contribution in [3.05, 3.63) is 58.9 Å². The minimum absolute atomic E-state index is 0.0215. The third-order valence-corrected chi connectivity index (χ3v) is 2.89. The number of hydrogen-bond acceptors (Lipinski definition) is 2. The summed E-state index contributed by atoms with van der Waals surface area (Å²) < 4.78 is 70.2. The standard InChI is InChI=1S/C15H10F5NO2/c1-7-2-3-8(16)4-11(7)21-12(22)6-23-15-13(19)9(17)5-10(18)14(15)20/h2-5H,6H2,1H3,(H,21,22). The van der Waals surface area contributed by atoms with Crippen LogP contribution in [0.3, 0.4) is 0 Å². The number of nitrogens with one attached hydrogen (secondary N) is 1. The summed E-state index contributed by atoms with van der Waals surface area (Å²) >= 11 is 0. The molecule has 0 unspecified atom stereocenters. The van der Waals surface area contributed by atoms with Crippen LogP contribution in [0.4, 0.5) is 27.6 Å². The second-order valence-corrected chi connectivity index (χ2v) is 4.59. The van der Waals surface area contributed by atoms with Crippen molar-refractivity contribution in [2.45, 2.75) is 6.92 Å². The third kappa shape index (κ3) is 3.77. The highest BCUT2D eigenvalue weighted by Gasteiger charge is 2.21. The molecule has 0 aliphatic rings. The lowest BCUT2D eigenvalue weighted by Gasteiger charge is -2.11. The first-order chi connectivity index (χ1) is 10.8. The number of benzene rings is 2. The van der Waals surface area contributed by atoms with Crippen molar-refractivity contribution >= 4 is 11.6 Å². The summed E-state index contributed by atoms with van der Waals surface area (Å²) in [6, 6.07) is 3.65. The second kappa shape index (κ2) is 6.64. The number of amides is 1. The Hall–Kier alpha value is -2.64. The Bertz CT molecular complexity index is 738. The lowest BCUT2D eigenvalue weighted by Crippen LogP contribution is -2.21. The van der Waals surface area contributed by atoms with Gasteiger partial charge in [-0.15, -0.1) is 0 Å². The molecular formula is C15H10F5NO2. The normalized spacial score (nSPS) is 10.5. The Balaban J connectivity index is 2.10. The maximum atomic E-state index is 13.3. The van der Waals surface area contributed by atoms with E-state index in [9.17, 15) is 26.7 Å². The van der Waals surface area contributed by atoms with Gasteiger partial charge in [-0.2, -0.15) is 8.78 Å². The Kier molecular flexibility index (Phi) is 4.83. The van der Waals surface area contributed by atoms with Gasteiger partial charge in [0.05, 0.1) is 0 Å². The lowest BCUT2D eigenvalue weighted by atomic mass is 10.2. The molecule has 2 aromatic carbocycles. The fraction of sp³-hybridized carbons (Fsp3) is 0.133. The van der Waals surface area contributed by atoms with E-state index in [1.165, 1.54) is 12.1 Å². The van der Waals surface area contributed by atoms with Gasteiger partial charge >= 0.3 is 0 Å². The number of aryl methyl sites for hydroxylation is 1. The molecule has 0 fully saturated rings. The van der Waals surface area contributed by atoms with Gasteiger partial charge in [-0.1, -0.05) is 6.07 Å². The van der Waals surface area contributed by atoms with E-state index in [-0.39, 0.29) is 11.8 Å². The van der Waals surface area contributed by atoms with Crippen LogP contribution >= 0.6 is 0 Å². The van der Waals surface area contributed by atoms with Crippen LogP contribution in [0.15, 0.2) is 24.3 Å². The average molecular weight is 331 g/mol. The first-order valence-corrected chi connectivity index (χ1v) is 6.31. The number of rotatable bonds is 4. The maximum Gasteiger partial charge on any atom is 0.262 e. The molecule has 23 heavy (non-hydrogen) atoms. The minimum Gasteiger partial charge on any atom is -0.477 e. The van der Waals surface area contributed by atoms with E-state index in [1.807, 2.05) is 0 Å². The van der Waals surface area contributed by atoms with Gasteiger partial charge in [0.2, 0.25) is 11.6 Å². The Morgan fingerprint density at radius 3 is 2.26 bits per heavy atom. The Morgan fingerprint density at radius 2 is 1.65 bits per heavy atom. The van der Waals surface area contributed by atoms with Crippen molar-refractivity contribution in [1.29, 1.82) is 0 Å². The van der Waals surface area contributed by atoms with E-state index in [0.29, 0.717) is 5.56 Å². The summed E-state index contributed by atoms with van der Waals surface area (Å²) in [5.41, 5.74) is 0.666. The van der Waals surface area contributed by atoms with Gasteiger partial charge in [0.15, 0.2) is 24.0 Å². The first kappa shape index (κ1) is 16.7. The largest absolute Gasteiger partial charge is 0.477 e. The van der Waals surface area contributed by atoms with Crippen LogP contribution in [0.5, 0.6) is 5.75 Å². The van der Waals surface area contributed by atoms with Crippen molar-refractivity contribution in [2.24, 2.45) is 0 Å². The van der Waals surface area contributed by atoms with Gasteiger partial charge in [-0.05, 0) is 24.6 Å². The number of carbonyl (C=O) groups excluding carboxylic acids is 1. The Morgan fingerprint density at radius 1 is 1.04 bits per heavy atom. The van der Waals surface area contributed by atoms with Crippen LogP contribution in [0.1, 0.15) is 5.56 Å². The van der Waals surface area contributed by atoms with Crippen LogP contribution in [-0.4, -0.2) is 12.5 Å². The summed E-state index contributed by atoms with van der Waals surface area (Å²) in [6.07, 6.45) is 0. The lowest BCUT2D eigenvalue weighted by molar-refractivity contribution is -0.118. The zero-order valence-corrected chi connectivity index (χ0v) is 11.7. The van der Waals surface area contributed by atoms with Crippen LogP contribution in [0, 0.1) is 36.0 Å². The number of halogens is 5. The molecule has 0 aliphatic carbocycles. The highest BCUT2D eigenvalue weighted by molar-refractivity contribution is 5.92. The highest BCUT2D eigenvalue weighted by Crippen LogP contribution is 2.26. The average Bonchev–Trinajstić information content (AvgIpc) is 2.49. The minimum atomic E-state index is -1.75. The fourth-order valence-corrected chi connectivity index (χ4v) is 1.73. The molecule has 2 rings (SSSR count). The zero-order chi connectivity index (χ0) is 17.1.